The molecule has 0 unspecified atom stereocenters. The number of ether oxygens (including phenoxy) is 1. The number of nitrogens with zero attached hydrogens (tertiary/aromatic N) is 2. The second kappa shape index (κ2) is 7.75. The van der Waals surface area contributed by atoms with E-state index in [1.165, 1.54) is 25.1 Å². The highest BCUT2D eigenvalue weighted by atomic mass is 19.4. The Morgan fingerprint density at radius 2 is 1.96 bits per heavy atom. The van der Waals surface area contributed by atoms with E-state index < -0.39 is 47.6 Å². The Morgan fingerprint density at radius 1 is 1.44 bits per heavy atom. The van der Waals surface area contributed by atoms with Crippen LogP contribution in [0.25, 0.3) is 0 Å². The average molecular weight is 397 g/mol. The molecular weight excluding hydrogens is 383 g/mol. The number of aliphatic hydroxyl groups excluding tert-OH is 2. The summed E-state index contributed by atoms with van der Waals surface area (Å²) in [5, 5.41) is 36.6. The zero-order valence-corrected chi connectivity index (χ0v) is 13.4. The Hall–Kier alpha value is -2.93. The van der Waals surface area contributed by atoms with Crippen LogP contribution in [0.3, 0.4) is 0 Å². The van der Waals surface area contributed by atoms with E-state index in [9.17, 15) is 38.1 Å². The number of carbonyl (C=O) groups is 1. The van der Waals surface area contributed by atoms with Crippen molar-refractivity contribution in [2.24, 2.45) is 0 Å². The zero-order chi connectivity index (χ0) is 21.2. The Bertz CT molecular complexity index is 816. The lowest BCUT2D eigenvalue weighted by Gasteiger charge is -2.27. The number of nitrogens with two attached hydrogens (primary N) is 1. The fourth-order valence-corrected chi connectivity index (χ4v) is 2.03. The monoisotopic (exact) mass is 397 g/mol. The lowest BCUT2D eigenvalue weighted by atomic mass is 9.96. The molecule has 0 radical (unpaired) electrons. The van der Waals surface area contributed by atoms with Gasteiger partial charge in [-0.2, -0.15) is 18.2 Å². The number of aliphatic hydroxyl groups is 3. The van der Waals surface area contributed by atoms with E-state index >= 15 is 0 Å². The third kappa shape index (κ3) is 4.83. The molecule has 1 fully saturated rings. The normalized spacial score (nSPS) is 27.3. The number of hydrogen-bond donors (Lipinski definition) is 5. The molecule has 2 heterocycles. The minimum absolute atomic E-state index is 0.0170. The van der Waals surface area contributed by atoms with E-state index in [0.29, 0.717) is 0 Å². The summed E-state index contributed by atoms with van der Waals surface area (Å²) >= 11 is 0. The van der Waals surface area contributed by atoms with E-state index in [0.717, 1.165) is 4.57 Å². The van der Waals surface area contributed by atoms with Gasteiger partial charge in [-0.05, 0) is 13.0 Å². The van der Waals surface area contributed by atoms with Crippen molar-refractivity contribution in [2.45, 2.75) is 37.1 Å². The predicted octanol–water partition coefficient (Wildman–Crippen LogP) is -1.26. The number of hydrogen-bond acceptors (Lipinski definition) is 9. The summed E-state index contributed by atoms with van der Waals surface area (Å²) < 4.78 is 37.8. The molecule has 1 aromatic heterocycles. The van der Waals surface area contributed by atoms with Crippen LogP contribution in [0.4, 0.5) is 19.0 Å². The van der Waals surface area contributed by atoms with Gasteiger partial charge in [-0.15, -0.1) is 0 Å². The van der Waals surface area contributed by atoms with Gasteiger partial charge in [-0.25, -0.2) is 14.4 Å². The fourth-order valence-electron chi connectivity index (χ4n) is 2.03. The quantitative estimate of drug-likeness (QED) is 0.298. The van der Waals surface area contributed by atoms with E-state index in [4.69, 9.17) is 20.4 Å². The first-order valence-corrected chi connectivity index (χ1v) is 6.88. The largest absolute Gasteiger partial charge is 0.500 e. The lowest BCUT2D eigenvalue weighted by Crippen LogP contribution is -2.46. The van der Waals surface area contributed by atoms with E-state index in [2.05, 4.69) is 4.98 Å². The van der Waals surface area contributed by atoms with Gasteiger partial charge in [0, 0.05) is 6.20 Å². The van der Waals surface area contributed by atoms with Crippen LogP contribution in [0, 0.1) is 0 Å². The Balaban J connectivity index is 0.000000445. The maximum atomic E-state index is 11.7. The highest BCUT2D eigenvalue weighted by Crippen LogP contribution is 2.39. The highest BCUT2D eigenvalue weighted by Gasteiger charge is 2.55. The molecule has 2 rings (SSSR count). The van der Waals surface area contributed by atoms with Crippen LogP contribution in [0.2, 0.25) is 0 Å². The molecule has 0 aliphatic carbocycles. The molecule has 150 valence electrons. The average Bonchev–Trinajstić information content (AvgIpc) is 2.77. The molecule has 1 aliphatic rings. The minimum Gasteiger partial charge on any atom is -0.500 e. The molecule has 27 heavy (non-hydrogen) atoms. The first-order valence-electron chi connectivity index (χ1n) is 6.88. The van der Waals surface area contributed by atoms with Crippen molar-refractivity contribution in [1.29, 1.82) is 0 Å². The fraction of sp³-hybridized carbons (Fsp3) is 0.462. The van der Waals surface area contributed by atoms with Crippen LogP contribution in [-0.4, -0.2) is 65.9 Å². The van der Waals surface area contributed by atoms with E-state index in [1.807, 2.05) is 0 Å². The van der Waals surface area contributed by atoms with E-state index in [1.54, 1.807) is 0 Å². The van der Waals surface area contributed by atoms with Crippen molar-refractivity contribution in [3.05, 3.63) is 28.5 Å². The van der Waals surface area contributed by atoms with Crippen LogP contribution in [0.1, 0.15) is 13.2 Å². The second-order valence-corrected chi connectivity index (χ2v) is 5.41. The molecule has 0 saturated carbocycles. The van der Waals surface area contributed by atoms with Crippen molar-refractivity contribution in [3.63, 3.8) is 0 Å². The Kier molecular flexibility index (Phi) is 6.35. The van der Waals surface area contributed by atoms with Crippen molar-refractivity contribution in [2.75, 3.05) is 5.73 Å². The van der Waals surface area contributed by atoms with Gasteiger partial charge in [-0.1, -0.05) is 0 Å². The third-order valence-electron chi connectivity index (χ3n) is 3.38. The number of carboxylic acids is 1. The predicted molar refractivity (Wildman–Crippen MR) is 79.0 cm³/mol. The lowest BCUT2D eigenvalue weighted by molar-refractivity contribution is -0.192. The topological polar surface area (TPSA) is 185 Å². The zero-order valence-electron chi connectivity index (χ0n) is 13.4. The Labute approximate surface area is 147 Å². The second-order valence-electron chi connectivity index (χ2n) is 5.41. The summed E-state index contributed by atoms with van der Waals surface area (Å²) in [6, 6.07) is 1.30. The number of alkyl halides is 3. The Morgan fingerprint density at radius 3 is 2.37 bits per heavy atom. The number of halogens is 3. The third-order valence-corrected chi connectivity index (χ3v) is 3.38. The van der Waals surface area contributed by atoms with E-state index in [-0.39, 0.29) is 5.82 Å². The standard InChI is InChI=1S/C11H13N3O6.C2HF3O2/c1-11(19)8(17)7(5(16)4-15)20-9(11)14-3-2-6(12)13-10(14)18;3-2(4,5)1(6)7/h2-3,7-9,16-17,19H,1H3,(H2,12,13,18);(H,6,7)/t7-,8-,9-,11-;/m1./s1. The SMILES string of the molecule is C[C@@]1(O)[C@H](O)[C@@H](C(O)=C=O)O[C@H]1n1ccc(N)nc1=O.O=C(O)C(F)(F)F. The molecule has 1 aliphatic heterocycles. The maximum absolute atomic E-state index is 11.7. The smallest absolute Gasteiger partial charge is 0.490 e. The van der Waals surface area contributed by atoms with Gasteiger partial charge in [0.1, 0.15) is 17.5 Å². The van der Waals surface area contributed by atoms with Gasteiger partial charge >= 0.3 is 17.8 Å². The molecule has 0 spiro atoms. The van der Waals surface area contributed by atoms with Crippen molar-refractivity contribution >= 4 is 17.7 Å². The number of aromatic nitrogens is 2. The number of rotatable bonds is 2. The molecule has 0 aromatic carbocycles. The summed E-state index contributed by atoms with van der Waals surface area (Å²) in [7, 11) is 0. The summed E-state index contributed by atoms with van der Waals surface area (Å²) in [4.78, 5) is 34.5. The molecule has 1 saturated heterocycles. The first-order chi connectivity index (χ1) is 12.2. The number of anilines is 1. The summed E-state index contributed by atoms with van der Waals surface area (Å²) in [6.45, 7) is 1.20. The van der Waals surface area contributed by atoms with Crippen LogP contribution < -0.4 is 11.4 Å². The molecule has 6 N–H and O–H groups in total. The molecule has 1 aromatic rings. The molecule has 14 heteroatoms. The van der Waals surface area contributed by atoms with Crippen LogP contribution in [-0.2, 0) is 14.3 Å². The number of carbonyl (C=O) groups excluding carboxylic acids is 1. The highest BCUT2D eigenvalue weighted by molar-refractivity contribution is 5.73. The van der Waals surface area contributed by atoms with Gasteiger partial charge in [0.2, 0.25) is 5.76 Å². The number of nitrogen functional groups attached to an aromatic ring is 1. The first kappa shape index (κ1) is 22.1. The van der Waals surface area contributed by atoms with Crippen molar-refractivity contribution in [3.8, 4) is 0 Å². The molecule has 4 atom stereocenters. The number of carboxylic acid groups (broad SMARTS) is 1. The summed E-state index contributed by atoms with van der Waals surface area (Å²) in [5.74, 6) is -2.51. The summed E-state index contributed by atoms with van der Waals surface area (Å²) in [6.07, 6.45) is -8.32. The molecular formula is C13H14F3N3O8. The van der Waals surface area contributed by atoms with Crippen molar-refractivity contribution < 1.29 is 47.9 Å². The van der Waals surface area contributed by atoms with Gasteiger partial charge in [0.15, 0.2) is 18.3 Å². The van der Waals surface area contributed by atoms with Gasteiger partial charge < -0.3 is 30.9 Å². The van der Waals surface area contributed by atoms with Gasteiger partial charge in [0.25, 0.3) is 0 Å². The molecule has 0 bridgehead atoms. The maximum Gasteiger partial charge on any atom is 0.490 e. The number of aliphatic carboxylic acids is 1. The van der Waals surface area contributed by atoms with Gasteiger partial charge in [-0.3, -0.25) is 4.57 Å². The van der Waals surface area contributed by atoms with Crippen LogP contribution in [0.5, 0.6) is 0 Å². The van der Waals surface area contributed by atoms with Crippen molar-refractivity contribution in [1.82, 2.24) is 9.55 Å². The molecule has 11 nitrogen and oxygen atoms in total. The van der Waals surface area contributed by atoms with Gasteiger partial charge in [0.05, 0.1) is 0 Å². The minimum atomic E-state index is -5.08. The van der Waals surface area contributed by atoms with Crippen LogP contribution >= 0.6 is 0 Å². The summed E-state index contributed by atoms with van der Waals surface area (Å²) in [5.41, 5.74) is 2.60. The van der Waals surface area contributed by atoms with Crippen LogP contribution in [0.15, 0.2) is 22.8 Å². The molecule has 0 amide bonds.